The maximum atomic E-state index is 5.09. The van der Waals surface area contributed by atoms with Crippen molar-refractivity contribution in [2.45, 2.75) is 23.6 Å². The van der Waals surface area contributed by atoms with Crippen molar-refractivity contribution in [1.82, 2.24) is 29.9 Å². The van der Waals surface area contributed by atoms with Crippen molar-refractivity contribution in [3.8, 4) is 12.0 Å². The van der Waals surface area contributed by atoms with Gasteiger partial charge in [-0.15, -0.1) is 4.98 Å². The Morgan fingerprint density at radius 1 is 0.684 bits per heavy atom. The van der Waals surface area contributed by atoms with Crippen LogP contribution in [0.5, 0.6) is 12.0 Å². The van der Waals surface area contributed by atoms with E-state index in [9.17, 15) is 0 Å². The highest BCUT2D eigenvalue weighted by atomic mass is 32.2. The molecule has 12 heteroatoms. The van der Waals surface area contributed by atoms with E-state index >= 15 is 0 Å². The van der Waals surface area contributed by atoms with Crippen LogP contribution >= 0.6 is 23.5 Å². The summed E-state index contributed by atoms with van der Waals surface area (Å²) in [6.45, 7) is 4.25. The van der Waals surface area contributed by atoms with E-state index in [0.29, 0.717) is 11.9 Å². The number of thioether (sulfide) groups is 2. The summed E-state index contributed by atoms with van der Waals surface area (Å²) in [5.74, 6) is 2.77. The minimum atomic E-state index is 0.241. The minimum absolute atomic E-state index is 0.241. The van der Waals surface area contributed by atoms with Gasteiger partial charge in [0.25, 0.3) is 0 Å². The second kappa shape index (κ2) is 11.7. The second-order valence-corrected chi connectivity index (χ2v) is 10.2. The van der Waals surface area contributed by atoms with Gasteiger partial charge in [-0.05, 0) is 34.9 Å². The molecule has 38 heavy (non-hydrogen) atoms. The molecule has 0 saturated heterocycles. The van der Waals surface area contributed by atoms with E-state index in [1.165, 1.54) is 53.4 Å². The molecule has 192 valence electrons. The summed E-state index contributed by atoms with van der Waals surface area (Å²) in [5, 5.41) is 0. The molecule has 4 heterocycles. The van der Waals surface area contributed by atoms with Crippen molar-refractivity contribution in [3.05, 3.63) is 71.3 Å². The lowest BCUT2D eigenvalue weighted by molar-refractivity contribution is -0.420. The van der Waals surface area contributed by atoms with Crippen LogP contribution in [-0.2, 0) is 0 Å². The summed E-state index contributed by atoms with van der Waals surface area (Å²) in [6, 6.07) is 13.0. The summed E-state index contributed by atoms with van der Waals surface area (Å²) < 4.78 is 14.2. The molecule has 0 saturated carbocycles. The maximum Gasteiger partial charge on any atom is 0.443 e. The lowest BCUT2D eigenvalue weighted by atomic mass is 10.1. The molecule has 0 fully saturated rings. The fourth-order valence-corrected chi connectivity index (χ4v) is 5.96. The Labute approximate surface area is 229 Å². The SMILES string of the molecule is COc1nc(OC)nc([N+]2=Cc3cccc(C)c3SC2)n1.Cc1cccc2c1SC[N+](c1ncncn1)=C2. The van der Waals surface area contributed by atoms with E-state index in [4.69, 9.17) is 9.47 Å². The van der Waals surface area contributed by atoms with E-state index < -0.39 is 0 Å². The van der Waals surface area contributed by atoms with Crippen LogP contribution in [0.1, 0.15) is 22.3 Å². The predicted molar refractivity (Wildman–Crippen MR) is 147 cm³/mol. The molecule has 0 radical (unpaired) electrons. The van der Waals surface area contributed by atoms with Gasteiger partial charge in [-0.1, -0.05) is 69.9 Å². The Hall–Kier alpha value is -3.90. The first kappa shape index (κ1) is 25.7. The Bertz CT molecular complexity index is 1510. The van der Waals surface area contributed by atoms with Gasteiger partial charge < -0.3 is 9.47 Å². The van der Waals surface area contributed by atoms with E-state index in [1.807, 2.05) is 33.2 Å². The molecule has 2 aliphatic heterocycles. The zero-order chi connectivity index (χ0) is 26.5. The van der Waals surface area contributed by atoms with E-state index in [-0.39, 0.29) is 12.0 Å². The lowest BCUT2D eigenvalue weighted by Crippen LogP contribution is -2.16. The first-order valence-electron chi connectivity index (χ1n) is 11.7. The number of aryl methyl sites for hydroxylation is 2. The molecular formula is C26H26N8O2S2+2. The quantitative estimate of drug-likeness (QED) is 0.349. The number of aromatic nitrogens is 6. The monoisotopic (exact) mass is 546 g/mol. The summed E-state index contributed by atoms with van der Waals surface area (Å²) in [4.78, 5) is 27.3. The highest BCUT2D eigenvalue weighted by Crippen LogP contribution is 2.31. The number of fused-ring (bicyclic) bond motifs is 2. The second-order valence-electron chi connectivity index (χ2n) is 8.28. The van der Waals surface area contributed by atoms with Crippen molar-refractivity contribution in [2.24, 2.45) is 0 Å². The van der Waals surface area contributed by atoms with Crippen LogP contribution in [-0.4, -0.2) is 77.5 Å². The predicted octanol–water partition coefficient (Wildman–Crippen LogP) is 4.03. The van der Waals surface area contributed by atoms with Crippen LogP contribution in [0.3, 0.4) is 0 Å². The van der Waals surface area contributed by atoms with Gasteiger partial charge in [0.2, 0.25) is 0 Å². The fraction of sp³-hybridized carbons (Fsp3) is 0.231. The Morgan fingerprint density at radius 3 is 1.68 bits per heavy atom. The molecule has 0 amide bonds. The van der Waals surface area contributed by atoms with E-state index in [0.717, 1.165) is 17.3 Å². The van der Waals surface area contributed by atoms with Crippen molar-refractivity contribution >= 4 is 47.8 Å². The first-order chi connectivity index (χ1) is 18.6. The molecule has 0 bridgehead atoms. The molecule has 2 aliphatic rings. The number of methoxy groups -OCH3 is 2. The van der Waals surface area contributed by atoms with E-state index in [1.54, 1.807) is 11.8 Å². The van der Waals surface area contributed by atoms with Gasteiger partial charge in [0, 0.05) is 20.9 Å². The number of nitrogens with zero attached hydrogens (tertiary/aromatic N) is 8. The molecule has 4 aromatic rings. The molecule has 0 unspecified atom stereocenters. The maximum absolute atomic E-state index is 5.09. The van der Waals surface area contributed by atoms with Gasteiger partial charge in [-0.2, -0.15) is 4.98 Å². The summed E-state index contributed by atoms with van der Waals surface area (Å²) in [5.41, 5.74) is 4.98. The fourth-order valence-electron chi connectivity index (χ4n) is 3.88. The summed E-state index contributed by atoms with van der Waals surface area (Å²) in [6.07, 6.45) is 7.17. The minimum Gasteiger partial charge on any atom is -0.454 e. The number of rotatable bonds is 4. The number of hydrogen-bond acceptors (Lipinski definition) is 10. The van der Waals surface area contributed by atoms with E-state index in [2.05, 4.69) is 80.3 Å². The Morgan fingerprint density at radius 2 is 1.18 bits per heavy atom. The Balaban J connectivity index is 0.000000158. The molecule has 10 nitrogen and oxygen atoms in total. The van der Waals surface area contributed by atoms with Crippen LogP contribution in [0.25, 0.3) is 0 Å². The van der Waals surface area contributed by atoms with Crippen LogP contribution in [0.4, 0.5) is 11.9 Å². The first-order valence-corrected chi connectivity index (χ1v) is 13.7. The standard InChI is InChI=1S/C14H15N4O2S.C12H11N4S/c1-9-5-4-6-10-7-18(8-21-11(9)10)12-15-13(19-2)17-14(16-12)20-3;1-9-3-2-4-10-5-16(8-17-11(9)10)12-14-6-13-7-15-12/h4-7H,8H2,1-3H3;2-7H,8H2,1H3/q2*+1. The third-order valence-corrected chi connectivity index (χ3v) is 8.22. The third-order valence-electron chi connectivity index (χ3n) is 5.71. The van der Waals surface area contributed by atoms with Crippen molar-refractivity contribution in [3.63, 3.8) is 0 Å². The molecule has 2 aromatic carbocycles. The zero-order valence-corrected chi connectivity index (χ0v) is 23.0. The molecule has 0 aliphatic carbocycles. The van der Waals surface area contributed by atoms with Gasteiger partial charge in [0.15, 0.2) is 12.7 Å². The number of hydrogen-bond donors (Lipinski definition) is 0. The van der Waals surface area contributed by atoms with Crippen LogP contribution in [0.2, 0.25) is 0 Å². The average Bonchev–Trinajstić information content (AvgIpc) is 2.97. The van der Waals surface area contributed by atoms with Gasteiger partial charge in [-0.25, -0.2) is 9.15 Å². The normalized spacial score (nSPS) is 13.7. The van der Waals surface area contributed by atoms with Crippen molar-refractivity contribution in [2.75, 3.05) is 26.0 Å². The van der Waals surface area contributed by atoms with Crippen molar-refractivity contribution < 1.29 is 18.6 Å². The molecule has 0 atom stereocenters. The molecule has 0 spiro atoms. The highest BCUT2D eigenvalue weighted by molar-refractivity contribution is 7.99. The van der Waals surface area contributed by atoms with Gasteiger partial charge in [-0.3, -0.25) is 0 Å². The van der Waals surface area contributed by atoms with Gasteiger partial charge >= 0.3 is 23.9 Å². The summed E-state index contributed by atoms with van der Waals surface area (Å²) >= 11 is 3.57. The number of benzene rings is 2. The zero-order valence-electron chi connectivity index (χ0n) is 21.4. The largest absolute Gasteiger partial charge is 0.454 e. The average molecular weight is 547 g/mol. The molecule has 6 rings (SSSR count). The molecule has 2 aromatic heterocycles. The Kier molecular flexibility index (Phi) is 7.89. The van der Waals surface area contributed by atoms with Crippen LogP contribution in [0.15, 0.2) is 58.8 Å². The van der Waals surface area contributed by atoms with Crippen molar-refractivity contribution in [1.29, 1.82) is 0 Å². The number of ether oxygens (including phenoxy) is 2. The van der Waals surface area contributed by atoms with Crippen LogP contribution in [0, 0.1) is 13.8 Å². The van der Waals surface area contributed by atoms with Crippen LogP contribution < -0.4 is 9.47 Å². The third kappa shape index (κ3) is 5.65. The summed E-state index contributed by atoms with van der Waals surface area (Å²) in [7, 11) is 3.04. The van der Waals surface area contributed by atoms with Gasteiger partial charge in [0.1, 0.15) is 11.8 Å². The smallest absolute Gasteiger partial charge is 0.443 e. The lowest BCUT2D eigenvalue weighted by Gasteiger charge is -2.15. The highest BCUT2D eigenvalue weighted by Gasteiger charge is 2.24. The molecular weight excluding hydrogens is 520 g/mol. The topological polar surface area (TPSA) is 102 Å². The van der Waals surface area contributed by atoms with Gasteiger partial charge in [0.05, 0.1) is 26.6 Å². The molecule has 0 N–H and O–H groups in total.